The molecule has 1 aromatic heterocycles. The zero-order valence-corrected chi connectivity index (χ0v) is 7.02. The van der Waals surface area contributed by atoms with E-state index in [0.717, 1.165) is 6.20 Å². The topological polar surface area (TPSA) is 80.2 Å². The average molecular weight is 180 g/mol. The zero-order chi connectivity index (χ0) is 9.84. The number of hydrogen-bond acceptors (Lipinski definition) is 4. The predicted octanol–water partition coefficient (Wildman–Crippen LogP) is 0.768. The molecule has 0 aliphatic rings. The maximum absolute atomic E-state index is 11.2. The third-order valence-electron chi connectivity index (χ3n) is 1.58. The molecule has 5 nitrogen and oxygen atoms in total. The van der Waals surface area contributed by atoms with Gasteiger partial charge in [-0.25, -0.2) is 4.79 Å². The standard InChI is InChI=1S/C8H8N2O3/c1-2-7(11)5-3-9-10-4-6(5)8(12)13/h3-4H,2H2,1H3,(H,12,13). The van der Waals surface area contributed by atoms with E-state index in [0.29, 0.717) is 0 Å². The molecule has 0 aliphatic carbocycles. The summed E-state index contributed by atoms with van der Waals surface area (Å²) in [6, 6.07) is 0. The second kappa shape index (κ2) is 3.75. The highest BCUT2D eigenvalue weighted by Gasteiger charge is 2.15. The Morgan fingerprint density at radius 3 is 2.31 bits per heavy atom. The van der Waals surface area contributed by atoms with Crippen LogP contribution in [0.15, 0.2) is 12.4 Å². The Morgan fingerprint density at radius 2 is 1.85 bits per heavy atom. The maximum Gasteiger partial charge on any atom is 0.338 e. The third-order valence-corrected chi connectivity index (χ3v) is 1.58. The number of aromatic carboxylic acids is 1. The van der Waals surface area contributed by atoms with E-state index in [1.165, 1.54) is 6.20 Å². The summed E-state index contributed by atoms with van der Waals surface area (Å²) >= 11 is 0. The molecule has 0 saturated heterocycles. The van der Waals surface area contributed by atoms with E-state index in [1.54, 1.807) is 6.92 Å². The molecule has 0 bridgehead atoms. The summed E-state index contributed by atoms with van der Waals surface area (Å²) in [5.74, 6) is -1.40. The molecule has 0 saturated carbocycles. The number of nitrogens with zero attached hydrogens (tertiary/aromatic N) is 2. The van der Waals surface area contributed by atoms with Gasteiger partial charge in [0.15, 0.2) is 5.78 Å². The Labute approximate surface area is 74.4 Å². The summed E-state index contributed by atoms with van der Waals surface area (Å²) in [6.45, 7) is 1.66. The summed E-state index contributed by atoms with van der Waals surface area (Å²) in [5, 5.41) is 15.6. The van der Waals surface area contributed by atoms with Crippen molar-refractivity contribution >= 4 is 11.8 Å². The van der Waals surface area contributed by atoms with Crippen LogP contribution >= 0.6 is 0 Å². The van der Waals surface area contributed by atoms with Gasteiger partial charge in [0.25, 0.3) is 0 Å². The third kappa shape index (κ3) is 1.87. The zero-order valence-electron chi connectivity index (χ0n) is 7.02. The first-order chi connectivity index (χ1) is 6.16. The molecular weight excluding hydrogens is 172 g/mol. The molecule has 0 unspecified atom stereocenters. The SMILES string of the molecule is CCC(=O)c1cnncc1C(=O)O. The number of ketones is 1. The fraction of sp³-hybridized carbons (Fsp3) is 0.250. The van der Waals surface area contributed by atoms with Crippen LogP contribution in [0.1, 0.15) is 34.1 Å². The molecular formula is C8H8N2O3. The molecule has 0 fully saturated rings. The minimum Gasteiger partial charge on any atom is -0.478 e. The number of carbonyl (C=O) groups excluding carboxylic acids is 1. The molecule has 0 aromatic carbocycles. The molecule has 0 spiro atoms. The molecule has 0 atom stereocenters. The number of Topliss-reactive ketones (excluding diaryl/α,β-unsaturated/α-hetero) is 1. The van der Waals surface area contributed by atoms with Gasteiger partial charge in [0.2, 0.25) is 0 Å². The van der Waals surface area contributed by atoms with Crippen LogP contribution < -0.4 is 0 Å². The van der Waals surface area contributed by atoms with Crippen LogP contribution in [0.25, 0.3) is 0 Å². The van der Waals surface area contributed by atoms with Crippen LogP contribution in [-0.2, 0) is 0 Å². The molecule has 13 heavy (non-hydrogen) atoms. The molecule has 5 heteroatoms. The summed E-state index contributed by atoms with van der Waals surface area (Å²) in [4.78, 5) is 21.8. The van der Waals surface area contributed by atoms with Crippen molar-refractivity contribution in [2.24, 2.45) is 0 Å². The number of aromatic nitrogens is 2. The quantitative estimate of drug-likeness (QED) is 0.695. The lowest BCUT2D eigenvalue weighted by atomic mass is 10.1. The van der Waals surface area contributed by atoms with Gasteiger partial charge >= 0.3 is 5.97 Å². The van der Waals surface area contributed by atoms with Crippen LogP contribution in [0.3, 0.4) is 0 Å². The highest BCUT2D eigenvalue weighted by Crippen LogP contribution is 2.07. The van der Waals surface area contributed by atoms with Crippen LogP contribution in [0.4, 0.5) is 0 Å². The van der Waals surface area contributed by atoms with Crippen molar-refractivity contribution in [3.05, 3.63) is 23.5 Å². The summed E-state index contributed by atoms with van der Waals surface area (Å²) in [6.07, 6.45) is 2.51. The van der Waals surface area contributed by atoms with Crippen LogP contribution in [0.2, 0.25) is 0 Å². The van der Waals surface area contributed by atoms with Crippen molar-refractivity contribution in [3.63, 3.8) is 0 Å². The Morgan fingerprint density at radius 1 is 1.31 bits per heavy atom. The van der Waals surface area contributed by atoms with E-state index in [4.69, 9.17) is 5.11 Å². The van der Waals surface area contributed by atoms with Crippen LogP contribution in [0.5, 0.6) is 0 Å². The van der Waals surface area contributed by atoms with Gasteiger partial charge < -0.3 is 5.11 Å². The second-order valence-corrected chi connectivity index (χ2v) is 2.40. The number of rotatable bonds is 3. The van der Waals surface area contributed by atoms with Gasteiger partial charge in [-0.1, -0.05) is 6.92 Å². The highest BCUT2D eigenvalue weighted by atomic mass is 16.4. The van der Waals surface area contributed by atoms with E-state index >= 15 is 0 Å². The van der Waals surface area contributed by atoms with Crippen molar-refractivity contribution in [1.29, 1.82) is 0 Å². The first-order valence-corrected chi connectivity index (χ1v) is 3.74. The van der Waals surface area contributed by atoms with Gasteiger partial charge in [0.05, 0.1) is 23.5 Å². The van der Waals surface area contributed by atoms with E-state index in [1.807, 2.05) is 0 Å². The molecule has 0 aliphatic heterocycles. The maximum atomic E-state index is 11.2. The molecule has 68 valence electrons. The number of carboxylic acid groups (broad SMARTS) is 1. The number of hydrogen-bond donors (Lipinski definition) is 1. The Hall–Kier alpha value is -1.78. The minimum absolute atomic E-state index is 0.0955. The van der Waals surface area contributed by atoms with E-state index in [9.17, 15) is 9.59 Å². The van der Waals surface area contributed by atoms with E-state index in [-0.39, 0.29) is 23.3 Å². The summed E-state index contributed by atoms with van der Waals surface area (Å²) in [5.41, 5.74) is 0.0202. The monoisotopic (exact) mass is 180 g/mol. The van der Waals surface area contributed by atoms with Crippen molar-refractivity contribution in [1.82, 2.24) is 10.2 Å². The number of carboxylic acids is 1. The van der Waals surface area contributed by atoms with Crippen molar-refractivity contribution < 1.29 is 14.7 Å². The van der Waals surface area contributed by atoms with Gasteiger partial charge in [-0.15, -0.1) is 0 Å². The molecule has 1 rings (SSSR count). The largest absolute Gasteiger partial charge is 0.478 e. The minimum atomic E-state index is -1.16. The van der Waals surface area contributed by atoms with Gasteiger partial charge in [-0.2, -0.15) is 10.2 Å². The predicted molar refractivity (Wildman–Crippen MR) is 43.6 cm³/mol. The summed E-state index contributed by atoms with van der Waals surface area (Å²) < 4.78 is 0. The molecule has 0 amide bonds. The van der Waals surface area contributed by atoms with E-state index in [2.05, 4.69) is 10.2 Å². The fourth-order valence-electron chi connectivity index (χ4n) is 0.904. The van der Waals surface area contributed by atoms with Gasteiger partial charge in [-0.05, 0) is 0 Å². The number of carbonyl (C=O) groups is 2. The lowest BCUT2D eigenvalue weighted by Gasteiger charge is -2.00. The Balaban J connectivity index is 3.19. The van der Waals surface area contributed by atoms with Crippen molar-refractivity contribution in [2.75, 3.05) is 0 Å². The second-order valence-electron chi connectivity index (χ2n) is 2.40. The van der Waals surface area contributed by atoms with Crippen LogP contribution in [0, 0.1) is 0 Å². The Kier molecular flexibility index (Phi) is 2.69. The van der Waals surface area contributed by atoms with Crippen molar-refractivity contribution in [2.45, 2.75) is 13.3 Å². The first kappa shape index (κ1) is 9.31. The normalized spacial score (nSPS) is 9.62. The van der Waals surface area contributed by atoms with Crippen molar-refractivity contribution in [3.8, 4) is 0 Å². The average Bonchev–Trinajstić information content (AvgIpc) is 2.16. The van der Waals surface area contributed by atoms with Crippen LogP contribution in [-0.4, -0.2) is 27.1 Å². The molecule has 1 N–H and O–H groups in total. The summed E-state index contributed by atoms with van der Waals surface area (Å²) in [7, 11) is 0. The highest BCUT2D eigenvalue weighted by molar-refractivity contribution is 6.05. The molecule has 1 aromatic rings. The first-order valence-electron chi connectivity index (χ1n) is 3.74. The lowest BCUT2D eigenvalue weighted by molar-refractivity contribution is 0.0691. The Bertz CT molecular complexity index is 349. The molecule has 0 radical (unpaired) electrons. The van der Waals surface area contributed by atoms with Gasteiger partial charge in [-0.3, -0.25) is 4.79 Å². The smallest absolute Gasteiger partial charge is 0.338 e. The van der Waals surface area contributed by atoms with Gasteiger partial charge in [0.1, 0.15) is 0 Å². The van der Waals surface area contributed by atoms with Gasteiger partial charge in [0, 0.05) is 6.42 Å². The lowest BCUT2D eigenvalue weighted by Crippen LogP contribution is -2.09. The van der Waals surface area contributed by atoms with E-state index < -0.39 is 5.97 Å². The fourth-order valence-corrected chi connectivity index (χ4v) is 0.904. The molecule has 1 heterocycles.